The Morgan fingerprint density at radius 3 is 2.80 bits per heavy atom. The summed E-state index contributed by atoms with van der Waals surface area (Å²) < 4.78 is 4.86. The van der Waals surface area contributed by atoms with Gasteiger partial charge in [-0.05, 0) is 12.1 Å². The van der Waals surface area contributed by atoms with Gasteiger partial charge in [0.15, 0.2) is 0 Å². The molecule has 0 spiro atoms. The van der Waals surface area contributed by atoms with Gasteiger partial charge >= 0.3 is 5.97 Å². The lowest BCUT2D eigenvalue weighted by Crippen LogP contribution is -2.05. The smallest absolute Gasteiger partial charge is 0.306 e. The van der Waals surface area contributed by atoms with Gasteiger partial charge in [-0.15, -0.1) is 11.8 Å². The predicted molar refractivity (Wildman–Crippen MR) is 62.9 cm³/mol. The quantitative estimate of drug-likeness (QED) is 0.420. The SMILES string of the molecule is C=CCOC(=O)CCSc1ccccc1. The van der Waals surface area contributed by atoms with Gasteiger partial charge in [-0.1, -0.05) is 30.9 Å². The van der Waals surface area contributed by atoms with Gasteiger partial charge in [-0.3, -0.25) is 4.79 Å². The molecular weight excluding hydrogens is 208 g/mol. The Balaban J connectivity index is 2.16. The molecule has 15 heavy (non-hydrogen) atoms. The topological polar surface area (TPSA) is 26.3 Å². The number of carbonyl (C=O) groups is 1. The molecule has 0 saturated heterocycles. The zero-order chi connectivity index (χ0) is 10.9. The van der Waals surface area contributed by atoms with Crippen molar-refractivity contribution >= 4 is 17.7 Å². The molecule has 0 radical (unpaired) electrons. The predicted octanol–water partition coefficient (Wildman–Crippen LogP) is 2.90. The molecule has 0 atom stereocenters. The molecule has 0 saturated carbocycles. The van der Waals surface area contributed by atoms with Crippen LogP contribution in [-0.4, -0.2) is 18.3 Å². The lowest BCUT2D eigenvalue weighted by atomic mass is 10.4. The number of esters is 1. The average Bonchev–Trinajstić information content (AvgIpc) is 2.28. The maximum absolute atomic E-state index is 11.1. The van der Waals surface area contributed by atoms with Crippen molar-refractivity contribution in [2.45, 2.75) is 11.3 Å². The summed E-state index contributed by atoms with van der Waals surface area (Å²) in [6.45, 7) is 3.78. The van der Waals surface area contributed by atoms with Crippen LogP contribution in [0.15, 0.2) is 47.9 Å². The van der Waals surface area contributed by atoms with Crippen LogP contribution < -0.4 is 0 Å². The van der Waals surface area contributed by atoms with Crippen molar-refractivity contribution in [3.63, 3.8) is 0 Å². The third-order valence-electron chi connectivity index (χ3n) is 1.68. The van der Waals surface area contributed by atoms with Crippen LogP contribution in [0.2, 0.25) is 0 Å². The summed E-state index contributed by atoms with van der Waals surface area (Å²) in [5.41, 5.74) is 0. The number of hydrogen-bond acceptors (Lipinski definition) is 3. The summed E-state index contributed by atoms with van der Waals surface area (Å²) in [7, 11) is 0. The molecule has 1 aromatic rings. The Kier molecular flexibility index (Phi) is 5.63. The normalized spacial score (nSPS) is 9.60. The number of ether oxygens (including phenoxy) is 1. The first-order chi connectivity index (χ1) is 7.33. The Morgan fingerprint density at radius 1 is 1.40 bits per heavy atom. The summed E-state index contributed by atoms with van der Waals surface area (Å²) in [5, 5.41) is 0. The van der Waals surface area contributed by atoms with Gasteiger partial charge < -0.3 is 4.74 Å². The molecule has 0 N–H and O–H groups in total. The molecule has 0 aliphatic carbocycles. The van der Waals surface area contributed by atoms with Gasteiger partial charge in [0.25, 0.3) is 0 Å². The number of thioether (sulfide) groups is 1. The number of rotatable bonds is 6. The fourth-order valence-electron chi connectivity index (χ4n) is 0.993. The first-order valence-corrected chi connectivity index (χ1v) is 5.76. The van der Waals surface area contributed by atoms with Crippen LogP contribution in [0.1, 0.15) is 6.42 Å². The molecule has 3 heteroatoms. The van der Waals surface area contributed by atoms with E-state index >= 15 is 0 Å². The largest absolute Gasteiger partial charge is 0.461 e. The second-order valence-corrected chi connectivity index (χ2v) is 4.05. The summed E-state index contributed by atoms with van der Waals surface area (Å²) in [6.07, 6.45) is 2.01. The van der Waals surface area contributed by atoms with Crippen LogP contribution in [-0.2, 0) is 9.53 Å². The van der Waals surface area contributed by atoms with Crippen molar-refractivity contribution in [1.82, 2.24) is 0 Å². The van der Waals surface area contributed by atoms with E-state index in [-0.39, 0.29) is 5.97 Å². The highest BCUT2D eigenvalue weighted by Crippen LogP contribution is 2.17. The van der Waals surface area contributed by atoms with Crippen LogP contribution in [0.4, 0.5) is 0 Å². The highest BCUT2D eigenvalue weighted by atomic mass is 32.2. The van der Waals surface area contributed by atoms with E-state index in [9.17, 15) is 4.79 Å². The third-order valence-corrected chi connectivity index (χ3v) is 2.69. The first-order valence-electron chi connectivity index (χ1n) is 4.77. The third kappa shape index (κ3) is 5.27. The van der Waals surface area contributed by atoms with Crippen LogP contribution >= 0.6 is 11.8 Å². The van der Waals surface area contributed by atoms with E-state index in [0.717, 1.165) is 5.75 Å². The van der Waals surface area contributed by atoms with Gasteiger partial charge in [0.05, 0.1) is 6.42 Å². The molecule has 1 rings (SSSR count). The molecule has 0 unspecified atom stereocenters. The fourth-order valence-corrected chi connectivity index (χ4v) is 1.85. The van der Waals surface area contributed by atoms with Crippen molar-refractivity contribution in [3.05, 3.63) is 43.0 Å². The van der Waals surface area contributed by atoms with Crippen molar-refractivity contribution in [1.29, 1.82) is 0 Å². The standard InChI is InChI=1S/C12H14O2S/c1-2-9-14-12(13)8-10-15-11-6-4-3-5-7-11/h2-7H,1,8-10H2. The number of carbonyl (C=O) groups excluding carboxylic acids is 1. The molecule has 80 valence electrons. The summed E-state index contributed by atoms with van der Waals surface area (Å²) in [6, 6.07) is 10.00. The first kappa shape index (κ1) is 11.9. The number of hydrogen-bond donors (Lipinski definition) is 0. The van der Waals surface area contributed by atoms with Crippen LogP contribution in [0, 0.1) is 0 Å². The molecule has 0 aliphatic heterocycles. The highest BCUT2D eigenvalue weighted by molar-refractivity contribution is 7.99. The second-order valence-electron chi connectivity index (χ2n) is 2.88. The molecule has 0 aliphatic rings. The molecule has 2 nitrogen and oxygen atoms in total. The number of benzene rings is 1. The summed E-state index contributed by atoms with van der Waals surface area (Å²) in [5.74, 6) is 0.582. The maximum atomic E-state index is 11.1. The Labute approximate surface area is 94.3 Å². The molecule has 1 aromatic carbocycles. The zero-order valence-electron chi connectivity index (χ0n) is 8.52. The molecule has 0 amide bonds. The van der Waals surface area contributed by atoms with E-state index in [0.29, 0.717) is 13.0 Å². The Morgan fingerprint density at radius 2 is 2.13 bits per heavy atom. The molecular formula is C12H14O2S. The van der Waals surface area contributed by atoms with E-state index in [1.54, 1.807) is 17.8 Å². The average molecular weight is 222 g/mol. The highest BCUT2D eigenvalue weighted by Gasteiger charge is 2.01. The zero-order valence-corrected chi connectivity index (χ0v) is 9.33. The van der Waals surface area contributed by atoms with E-state index in [1.807, 2.05) is 30.3 Å². The molecule has 0 bridgehead atoms. The fraction of sp³-hybridized carbons (Fsp3) is 0.250. The van der Waals surface area contributed by atoms with Crippen molar-refractivity contribution in [2.24, 2.45) is 0 Å². The lowest BCUT2D eigenvalue weighted by Gasteiger charge is -2.01. The minimum atomic E-state index is -0.168. The van der Waals surface area contributed by atoms with E-state index in [4.69, 9.17) is 4.74 Å². The Hall–Kier alpha value is -1.22. The van der Waals surface area contributed by atoms with Crippen molar-refractivity contribution in [2.75, 3.05) is 12.4 Å². The molecule has 0 aromatic heterocycles. The lowest BCUT2D eigenvalue weighted by molar-refractivity contribution is -0.141. The van der Waals surface area contributed by atoms with Gasteiger partial charge in [0.1, 0.15) is 6.61 Å². The van der Waals surface area contributed by atoms with Gasteiger partial charge in [0.2, 0.25) is 0 Å². The minimum absolute atomic E-state index is 0.168. The minimum Gasteiger partial charge on any atom is -0.461 e. The monoisotopic (exact) mass is 222 g/mol. The van der Waals surface area contributed by atoms with Gasteiger partial charge in [-0.25, -0.2) is 0 Å². The summed E-state index contributed by atoms with van der Waals surface area (Å²) >= 11 is 1.66. The van der Waals surface area contributed by atoms with E-state index in [1.165, 1.54) is 4.90 Å². The van der Waals surface area contributed by atoms with E-state index in [2.05, 4.69) is 6.58 Å². The maximum Gasteiger partial charge on any atom is 0.306 e. The van der Waals surface area contributed by atoms with Crippen LogP contribution in [0.3, 0.4) is 0 Å². The van der Waals surface area contributed by atoms with Crippen molar-refractivity contribution < 1.29 is 9.53 Å². The van der Waals surface area contributed by atoms with E-state index < -0.39 is 0 Å². The van der Waals surface area contributed by atoms with Gasteiger partial charge in [-0.2, -0.15) is 0 Å². The summed E-state index contributed by atoms with van der Waals surface area (Å²) in [4.78, 5) is 12.3. The molecule has 0 heterocycles. The van der Waals surface area contributed by atoms with Crippen molar-refractivity contribution in [3.8, 4) is 0 Å². The molecule has 0 fully saturated rings. The van der Waals surface area contributed by atoms with Gasteiger partial charge in [0, 0.05) is 10.6 Å². The Bertz CT molecular complexity index is 309. The van der Waals surface area contributed by atoms with Crippen LogP contribution in [0.5, 0.6) is 0 Å². The van der Waals surface area contributed by atoms with Crippen LogP contribution in [0.25, 0.3) is 0 Å². The second kappa shape index (κ2) is 7.12.